The van der Waals surface area contributed by atoms with Crippen molar-refractivity contribution >= 4 is 21.7 Å². The third-order valence-corrected chi connectivity index (χ3v) is 5.74. The summed E-state index contributed by atoms with van der Waals surface area (Å²) in [6, 6.07) is 13.8. The van der Waals surface area contributed by atoms with E-state index in [1.165, 1.54) is 0 Å². The highest BCUT2D eigenvalue weighted by atomic mass is 32.2. The van der Waals surface area contributed by atoms with E-state index in [9.17, 15) is 13.2 Å². The van der Waals surface area contributed by atoms with Crippen molar-refractivity contribution < 1.29 is 17.9 Å². The summed E-state index contributed by atoms with van der Waals surface area (Å²) in [4.78, 5) is 12.1. The second kappa shape index (κ2) is 11.5. The fourth-order valence-electron chi connectivity index (χ4n) is 2.59. The van der Waals surface area contributed by atoms with Crippen LogP contribution in [0.4, 0.5) is 5.69 Å². The van der Waals surface area contributed by atoms with Gasteiger partial charge in [-0.1, -0.05) is 57.0 Å². The van der Waals surface area contributed by atoms with Crippen LogP contribution >= 0.6 is 0 Å². The zero-order valence-corrected chi connectivity index (χ0v) is 18.3. The van der Waals surface area contributed by atoms with Crippen molar-refractivity contribution in [3.05, 3.63) is 59.7 Å². The molecule has 0 unspecified atom stereocenters. The molecule has 6 heteroatoms. The van der Waals surface area contributed by atoms with Gasteiger partial charge in [0.1, 0.15) is 6.54 Å². The van der Waals surface area contributed by atoms with E-state index in [-0.39, 0.29) is 18.0 Å². The smallest absolute Gasteiger partial charge is 0.326 e. The van der Waals surface area contributed by atoms with Crippen LogP contribution in [0.3, 0.4) is 0 Å². The fraction of sp³-hybridized carbons (Fsp3) is 0.409. The Hall–Kier alpha value is -2.34. The summed E-state index contributed by atoms with van der Waals surface area (Å²) < 4.78 is 32.3. The molecule has 2 aromatic rings. The zero-order chi connectivity index (χ0) is 21.2. The molecule has 0 fully saturated rings. The quantitative estimate of drug-likeness (QED) is 0.596. The molecule has 0 N–H and O–H groups in total. The Bertz CT molecular complexity index is 828. The van der Waals surface area contributed by atoms with Crippen LogP contribution in [0.25, 0.3) is 0 Å². The molecular formula is C22H31NO4S. The lowest BCUT2D eigenvalue weighted by Gasteiger charge is -2.24. The second-order valence-electron chi connectivity index (χ2n) is 6.05. The topological polar surface area (TPSA) is 63.7 Å². The molecule has 0 atom stereocenters. The van der Waals surface area contributed by atoms with E-state index in [4.69, 9.17) is 4.74 Å². The van der Waals surface area contributed by atoms with Gasteiger partial charge in [-0.3, -0.25) is 9.10 Å². The highest BCUT2D eigenvalue weighted by Gasteiger charge is 2.27. The molecule has 0 heterocycles. The lowest BCUT2D eigenvalue weighted by Crippen LogP contribution is -2.36. The molecule has 0 spiro atoms. The van der Waals surface area contributed by atoms with Gasteiger partial charge in [0.15, 0.2) is 0 Å². The highest BCUT2D eigenvalue weighted by Crippen LogP contribution is 2.24. The van der Waals surface area contributed by atoms with E-state index >= 15 is 0 Å². The van der Waals surface area contributed by atoms with Crippen molar-refractivity contribution in [1.29, 1.82) is 0 Å². The molecule has 154 valence electrons. The van der Waals surface area contributed by atoms with Crippen LogP contribution in [0.5, 0.6) is 0 Å². The third-order valence-electron chi connectivity index (χ3n) is 3.95. The number of ether oxygens (including phenoxy) is 1. The van der Waals surface area contributed by atoms with Gasteiger partial charge >= 0.3 is 5.97 Å². The number of hydrogen-bond donors (Lipinski definition) is 0. The Balaban J connectivity index is 0.00000190. The number of carbonyl (C=O) groups excluding carboxylic acids is 1. The Morgan fingerprint density at radius 1 is 0.964 bits per heavy atom. The molecular weight excluding hydrogens is 374 g/mol. The van der Waals surface area contributed by atoms with E-state index < -0.39 is 16.0 Å². The van der Waals surface area contributed by atoms with Crippen molar-refractivity contribution in [2.24, 2.45) is 0 Å². The molecule has 0 aliphatic heterocycles. The molecule has 5 nitrogen and oxygen atoms in total. The first-order chi connectivity index (χ1) is 13.4. The van der Waals surface area contributed by atoms with Crippen LogP contribution in [-0.2, 0) is 26.0 Å². The van der Waals surface area contributed by atoms with Crippen molar-refractivity contribution in [2.45, 2.75) is 52.4 Å². The molecule has 28 heavy (non-hydrogen) atoms. The summed E-state index contributed by atoms with van der Waals surface area (Å²) in [6.45, 7) is 9.50. The Morgan fingerprint density at radius 2 is 1.54 bits per heavy atom. The molecule has 0 bridgehead atoms. The summed E-state index contributed by atoms with van der Waals surface area (Å²) in [6.07, 6.45) is 1.93. The van der Waals surface area contributed by atoms with E-state index in [1.54, 1.807) is 43.3 Å². The normalized spacial score (nSPS) is 10.6. The standard InChI is InChI=1S/C20H25NO4S.C2H6/c1-4-6-17-9-11-18(12-10-17)21(15-20(22)25-5-2)26(23,24)19-13-7-16(3)8-14-19;1-2/h7-14H,4-6,15H2,1-3H3;1-2H3. The van der Waals surface area contributed by atoms with Gasteiger partial charge in [0.05, 0.1) is 17.2 Å². The molecule has 0 aliphatic rings. The van der Waals surface area contributed by atoms with Crippen LogP contribution in [0.2, 0.25) is 0 Å². The van der Waals surface area contributed by atoms with Crippen LogP contribution in [0.1, 0.15) is 45.2 Å². The van der Waals surface area contributed by atoms with Gasteiger partial charge in [0.2, 0.25) is 0 Å². The van der Waals surface area contributed by atoms with Crippen molar-refractivity contribution in [3.8, 4) is 0 Å². The number of aryl methyl sites for hydroxylation is 2. The maximum absolute atomic E-state index is 13.1. The number of anilines is 1. The largest absolute Gasteiger partial charge is 0.465 e. The molecule has 0 saturated heterocycles. The summed E-state index contributed by atoms with van der Waals surface area (Å²) in [5.74, 6) is -0.583. The first-order valence-corrected chi connectivity index (χ1v) is 11.2. The van der Waals surface area contributed by atoms with Gasteiger partial charge in [-0.15, -0.1) is 0 Å². The molecule has 0 amide bonds. The molecule has 0 saturated carbocycles. The fourth-order valence-corrected chi connectivity index (χ4v) is 4.00. The van der Waals surface area contributed by atoms with Gasteiger partial charge in [0.25, 0.3) is 10.0 Å². The maximum atomic E-state index is 13.1. The number of esters is 1. The number of rotatable bonds is 8. The average Bonchev–Trinajstić information content (AvgIpc) is 2.69. The van der Waals surface area contributed by atoms with Crippen LogP contribution in [0, 0.1) is 6.92 Å². The summed E-state index contributed by atoms with van der Waals surface area (Å²) in [5, 5.41) is 0. The van der Waals surface area contributed by atoms with E-state index in [0.717, 1.165) is 28.3 Å². The second-order valence-corrected chi connectivity index (χ2v) is 7.91. The minimum Gasteiger partial charge on any atom is -0.465 e. The first kappa shape index (κ1) is 23.7. The highest BCUT2D eigenvalue weighted by molar-refractivity contribution is 7.92. The first-order valence-electron chi connectivity index (χ1n) is 9.72. The molecule has 0 aliphatic carbocycles. The van der Waals surface area contributed by atoms with Gasteiger partial charge in [-0.25, -0.2) is 8.42 Å². The predicted molar refractivity (Wildman–Crippen MR) is 114 cm³/mol. The molecule has 2 rings (SSSR count). The number of benzene rings is 2. The van der Waals surface area contributed by atoms with E-state index in [1.807, 2.05) is 32.9 Å². The van der Waals surface area contributed by atoms with Crippen molar-refractivity contribution in [1.82, 2.24) is 0 Å². The van der Waals surface area contributed by atoms with Crippen molar-refractivity contribution in [2.75, 3.05) is 17.5 Å². The summed E-state index contributed by atoms with van der Waals surface area (Å²) in [5.41, 5.74) is 2.53. The number of sulfonamides is 1. The van der Waals surface area contributed by atoms with Crippen molar-refractivity contribution in [3.63, 3.8) is 0 Å². The SMILES string of the molecule is CC.CCCc1ccc(N(CC(=O)OCC)S(=O)(=O)c2ccc(C)cc2)cc1. The van der Waals surface area contributed by atoms with Crippen LogP contribution < -0.4 is 4.31 Å². The average molecular weight is 406 g/mol. The Labute approximate surface area is 169 Å². The third kappa shape index (κ3) is 6.37. The number of carbonyl (C=O) groups is 1. The molecule has 0 radical (unpaired) electrons. The zero-order valence-electron chi connectivity index (χ0n) is 17.4. The van der Waals surface area contributed by atoms with Gasteiger partial charge < -0.3 is 4.74 Å². The lowest BCUT2D eigenvalue weighted by atomic mass is 10.1. The lowest BCUT2D eigenvalue weighted by molar-refractivity contribution is -0.141. The minimum atomic E-state index is -3.88. The number of nitrogens with zero attached hydrogens (tertiary/aromatic N) is 1. The molecule has 2 aromatic carbocycles. The van der Waals surface area contributed by atoms with Gasteiger partial charge in [-0.05, 0) is 50.1 Å². The van der Waals surface area contributed by atoms with Gasteiger partial charge in [0, 0.05) is 0 Å². The van der Waals surface area contributed by atoms with Crippen LogP contribution in [-0.4, -0.2) is 27.5 Å². The van der Waals surface area contributed by atoms with E-state index in [2.05, 4.69) is 6.92 Å². The van der Waals surface area contributed by atoms with Gasteiger partial charge in [-0.2, -0.15) is 0 Å². The minimum absolute atomic E-state index is 0.144. The molecule has 0 aromatic heterocycles. The summed E-state index contributed by atoms with van der Waals surface area (Å²) in [7, 11) is -3.88. The Morgan fingerprint density at radius 3 is 2.04 bits per heavy atom. The van der Waals surface area contributed by atoms with E-state index in [0.29, 0.717) is 5.69 Å². The van der Waals surface area contributed by atoms with Crippen LogP contribution in [0.15, 0.2) is 53.4 Å². The Kier molecular flexibility index (Phi) is 9.73. The summed E-state index contributed by atoms with van der Waals surface area (Å²) >= 11 is 0. The monoisotopic (exact) mass is 405 g/mol. The maximum Gasteiger partial charge on any atom is 0.326 e. The number of hydrogen-bond acceptors (Lipinski definition) is 4. The predicted octanol–water partition coefficient (Wildman–Crippen LogP) is 4.73.